The normalized spacial score (nSPS) is 12.3. The van der Waals surface area contributed by atoms with Crippen LogP contribution in [-0.4, -0.2) is 20.7 Å². The van der Waals surface area contributed by atoms with Crippen molar-refractivity contribution in [2.75, 3.05) is 5.32 Å². The summed E-state index contributed by atoms with van der Waals surface area (Å²) in [6, 6.07) is 7.67. The van der Waals surface area contributed by atoms with E-state index in [0.717, 1.165) is 26.5 Å². The highest BCUT2D eigenvalue weighted by Gasteiger charge is 2.20. The minimum absolute atomic E-state index is 0.0642. The van der Waals surface area contributed by atoms with Gasteiger partial charge in [0.1, 0.15) is 4.83 Å². The van der Waals surface area contributed by atoms with E-state index in [1.165, 1.54) is 27.7 Å². The highest BCUT2D eigenvalue weighted by Crippen LogP contribution is 2.29. The maximum Gasteiger partial charge on any atom is 0.262 e. The lowest BCUT2D eigenvalue weighted by Gasteiger charge is -2.14. The number of thiophene rings is 1. The lowest BCUT2D eigenvalue weighted by atomic mass is 10.2. The fraction of sp³-hybridized carbons (Fsp3) is 0.316. The molecule has 1 amide bonds. The van der Waals surface area contributed by atoms with Gasteiger partial charge in [-0.05, 0) is 51.0 Å². The second-order valence-corrected chi connectivity index (χ2v) is 8.85. The Hall–Kier alpha value is -2.12. The first kappa shape index (κ1) is 18.7. The molecule has 0 saturated heterocycles. The number of rotatable bonds is 4. The summed E-state index contributed by atoms with van der Waals surface area (Å²) in [5.41, 5.74) is 2.77. The molecule has 7 heteroatoms. The summed E-state index contributed by atoms with van der Waals surface area (Å²) >= 11 is 2.81. The molecule has 0 bridgehead atoms. The number of hydrogen-bond donors (Lipinski definition) is 1. The molecule has 0 spiro atoms. The van der Waals surface area contributed by atoms with Crippen LogP contribution in [0, 0.1) is 20.8 Å². The summed E-state index contributed by atoms with van der Waals surface area (Å²) in [4.78, 5) is 31.6. The largest absolute Gasteiger partial charge is 0.325 e. The van der Waals surface area contributed by atoms with Crippen LogP contribution in [-0.2, 0) is 11.8 Å². The van der Waals surface area contributed by atoms with Crippen LogP contribution in [0.1, 0.15) is 22.9 Å². The van der Waals surface area contributed by atoms with E-state index in [1.807, 2.05) is 52.0 Å². The Kier molecular flexibility index (Phi) is 5.20. The van der Waals surface area contributed by atoms with Crippen molar-refractivity contribution in [2.45, 2.75) is 38.1 Å². The number of thioether (sulfide) groups is 1. The number of hydrogen-bond acceptors (Lipinski definition) is 5. The van der Waals surface area contributed by atoms with Gasteiger partial charge in [-0.3, -0.25) is 14.2 Å². The molecule has 26 heavy (non-hydrogen) atoms. The van der Waals surface area contributed by atoms with Crippen molar-refractivity contribution in [1.29, 1.82) is 0 Å². The Bertz CT molecular complexity index is 1050. The van der Waals surface area contributed by atoms with Crippen molar-refractivity contribution < 1.29 is 4.79 Å². The molecule has 136 valence electrons. The van der Waals surface area contributed by atoms with Crippen molar-refractivity contribution >= 4 is 44.9 Å². The summed E-state index contributed by atoms with van der Waals surface area (Å²) in [6.45, 7) is 7.73. The highest BCUT2D eigenvalue weighted by atomic mass is 32.2. The zero-order chi connectivity index (χ0) is 19.0. The van der Waals surface area contributed by atoms with E-state index in [9.17, 15) is 9.59 Å². The number of aromatic nitrogens is 2. The van der Waals surface area contributed by atoms with E-state index in [-0.39, 0.29) is 16.7 Å². The van der Waals surface area contributed by atoms with Gasteiger partial charge in [0.25, 0.3) is 5.56 Å². The molecule has 1 N–H and O–H groups in total. The molecular weight excluding hydrogens is 366 g/mol. The predicted molar refractivity (Wildman–Crippen MR) is 109 cm³/mol. The number of amides is 1. The highest BCUT2D eigenvalue weighted by molar-refractivity contribution is 8.00. The Labute approximate surface area is 160 Å². The Morgan fingerprint density at radius 1 is 1.31 bits per heavy atom. The first-order chi connectivity index (χ1) is 12.3. The Balaban J connectivity index is 1.85. The molecule has 1 unspecified atom stereocenters. The lowest BCUT2D eigenvalue weighted by molar-refractivity contribution is -0.115. The second kappa shape index (κ2) is 7.25. The molecule has 2 aromatic heterocycles. The third-order valence-electron chi connectivity index (χ3n) is 4.31. The van der Waals surface area contributed by atoms with Crippen molar-refractivity contribution in [1.82, 2.24) is 9.55 Å². The van der Waals surface area contributed by atoms with Gasteiger partial charge in [-0.25, -0.2) is 4.98 Å². The number of benzene rings is 1. The summed E-state index contributed by atoms with van der Waals surface area (Å²) < 4.78 is 1.53. The smallest absolute Gasteiger partial charge is 0.262 e. The van der Waals surface area contributed by atoms with Crippen LogP contribution < -0.4 is 10.9 Å². The van der Waals surface area contributed by atoms with Crippen LogP contribution in [0.2, 0.25) is 0 Å². The molecule has 3 aromatic rings. The van der Waals surface area contributed by atoms with Crippen LogP contribution >= 0.6 is 23.1 Å². The molecule has 0 radical (unpaired) electrons. The molecular formula is C19H21N3O2S2. The van der Waals surface area contributed by atoms with Gasteiger partial charge in [0.2, 0.25) is 5.91 Å². The SMILES string of the molecule is Cc1cccc(NC(=O)C(C)Sc2nc3sc(C)c(C)c3c(=O)n2C)c1. The summed E-state index contributed by atoms with van der Waals surface area (Å²) in [5.74, 6) is -0.117. The van der Waals surface area contributed by atoms with Crippen molar-refractivity contribution in [3.05, 3.63) is 50.6 Å². The van der Waals surface area contributed by atoms with Crippen LogP contribution in [0.15, 0.2) is 34.2 Å². The average Bonchev–Trinajstić information content (AvgIpc) is 2.86. The second-order valence-electron chi connectivity index (χ2n) is 6.34. The van der Waals surface area contributed by atoms with Crippen molar-refractivity contribution in [2.24, 2.45) is 7.05 Å². The molecule has 0 aliphatic rings. The average molecular weight is 388 g/mol. The zero-order valence-corrected chi connectivity index (χ0v) is 17.0. The monoisotopic (exact) mass is 387 g/mol. The fourth-order valence-corrected chi connectivity index (χ4v) is 4.58. The van der Waals surface area contributed by atoms with E-state index in [2.05, 4.69) is 10.3 Å². The van der Waals surface area contributed by atoms with Gasteiger partial charge in [-0.2, -0.15) is 0 Å². The van der Waals surface area contributed by atoms with Crippen LogP contribution in [0.4, 0.5) is 5.69 Å². The zero-order valence-electron chi connectivity index (χ0n) is 15.4. The van der Waals surface area contributed by atoms with E-state index >= 15 is 0 Å². The summed E-state index contributed by atoms with van der Waals surface area (Å²) in [6.07, 6.45) is 0. The van der Waals surface area contributed by atoms with Crippen molar-refractivity contribution in [3.63, 3.8) is 0 Å². The van der Waals surface area contributed by atoms with Crippen LogP contribution in [0.3, 0.4) is 0 Å². The quantitative estimate of drug-likeness (QED) is 0.542. The van der Waals surface area contributed by atoms with Gasteiger partial charge in [0, 0.05) is 17.6 Å². The maximum atomic E-state index is 12.7. The first-order valence-electron chi connectivity index (χ1n) is 8.29. The van der Waals surface area contributed by atoms with Crippen molar-refractivity contribution in [3.8, 4) is 0 Å². The summed E-state index contributed by atoms with van der Waals surface area (Å²) in [7, 11) is 1.70. The van der Waals surface area contributed by atoms with Crippen LogP contribution in [0.5, 0.6) is 0 Å². The minimum Gasteiger partial charge on any atom is -0.325 e. The Morgan fingerprint density at radius 2 is 2.04 bits per heavy atom. The molecule has 0 fully saturated rings. The lowest BCUT2D eigenvalue weighted by Crippen LogP contribution is -2.25. The number of nitrogens with one attached hydrogen (secondary N) is 1. The maximum absolute atomic E-state index is 12.7. The number of aryl methyl sites for hydroxylation is 3. The fourth-order valence-electron chi connectivity index (χ4n) is 2.64. The van der Waals surface area contributed by atoms with Gasteiger partial charge in [0.15, 0.2) is 5.16 Å². The third kappa shape index (κ3) is 3.54. The molecule has 0 aliphatic carbocycles. The molecule has 5 nitrogen and oxygen atoms in total. The molecule has 0 aliphatic heterocycles. The van der Waals surface area contributed by atoms with E-state index in [0.29, 0.717) is 10.5 Å². The molecule has 3 rings (SSSR count). The van der Waals surface area contributed by atoms with E-state index in [4.69, 9.17) is 0 Å². The topological polar surface area (TPSA) is 64.0 Å². The number of anilines is 1. The van der Waals surface area contributed by atoms with Gasteiger partial charge in [-0.1, -0.05) is 23.9 Å². The number of carbonyl (C=O) groups is 1. The van der Waals surface area contributed by atoms with Gasteiger partial charge in [-0.15, -0.1) is 11.3 Å². The van der Waals surface area contributed by atoms with E-state index < -0.39 is 0 Å². The molecule has 1 aromatic carbocycles. The van der Waals surface area contributed by atoms with Crippen LogP contribution in [0.25, 0.3) is 10.2 Å². The number of fused-ring (bicyclic) bond motifs is 1. The van der Waals surface area contributed by atoms with Gasteiger partial charge in [0.05, 0.1) is 10.6 Å². The number of carbonyl (C=O) groups excluding carboxylic acids is 1. The van der Waals surface area contributed by atoms with Gasteiger partial charge >= 0.3 is 0 Å². The predicted octanol–water partition coefficient (Wildman–Crippen LogP) is 4.04. The van der Waals surface area contributed by atoms with Gasteiger partial charge < -0.3 is 5.32 Å². The van der Waals surface area contributed by atoms with E-state index in [1.54, 1.807) is 7.05 Å². The Morgan fingerprint density at radius 3 is 2.73 bits per heavy atom. The standard InChI is InChI=1S/C19H21N3O2S2/c1-10-7-6-8-14(9-10)20-16(23)13(4)26-19-21-17-15(18(24)22(19)5)11(2)12(3)25-17/h6-9,13H,1-5H3,(H,20,23). The minimum atomic E-state index is -0.381. The molecule has 1 atom stereocenters. The molecule has 0 saturated carbocycles. The molecule has 2 heterocycles. The third-order valence-corrected chi connectivity index (χ3v) is 6.55. The summed E-state index contributed by atoms with van der Waals surface area (Å²) in [5, 5.41) is 3.76. The first-order valence-corrected chi connectivity index (χ1v) is 9.98. The number of nitrogens with zero attached hydrogens (tertiary/aromatic N) is 2.